The molecule has 0 aromatic heterocycles. The highest BCUT2D eigenvalue weighted by molar-refractivity contribution is 9.10. The molecule has 0 fully saturated rings. The maximum Gasteiger partial charge on any atom is 0.269 e. The average molecular weight is 373 g/mol. The molecule has 1 amide bonds. The first-order valence-electron chi connectivity index (χ1n) is 7.47. The van der Waals surface area contributed by atoms with Crippen LogP contribution in [0.5, 0.6) is 0 Å². The molecule has 0 saturated carbocycles. The summed E-state index contributed by atoms with van der Waals surface area (Å²) in [6.45, 7) is 1.95. The number of oxime groups is 1. The summed E-state index contributed by atoms with van der Waals surface area (Å²) in [5.41, 5.74) is 2.49. The largest absolute Gasteiger partial charge is 0.387 e. The standard InChI is InChI=1S/C18H17BrN2O2/c1-12(14-8-5-9-15(19)10-14)20-18(22)16-11-17(23-21-16)13-6-3-2-4-7-13/h2-10,12,17H,11H2,1H3,(H,20,22). The number of benzene rings is 2. The minimum atomic E-state index is -0.184. The SMILES string of the molecule is CC(NC(=O)C1=NOC(c2ccccc2)C1)c1cccc(Br)c1. The van der Waals surface area contributed by atoms with Gasteiger partial charge in [0.05, 0.1) is 6.04 Å². The fourth-order valence-electron chi connectivity index (χ4n) is 2.50. The molecule has 0 bridgehead atoms. The van der Waals surface area contributed by atoms with Gasteiger partial charge in [0.15, 0.2) is 6.10 Å². The van der Waals surface area contributed by atoms with E-state index in [1.807, 2.05) is 61.5 Å². The molecular weight excluding hydrogens is 356 g/mol. The van der Waals surface area contributed by atoms with Crippen LogP contribution >= 0.6 is 15.9 Å². The van der Waals surface area contributed by atoms with Gasteiger partial charge in [0.2, 0.25) is 0 Å². The van der Waals surface area contributed by atoms with Crippen LogP contribution in [0.25, 0.3) is 0 Å². The fourth-order valence-corrected chi connectivity index (χ4v) is 2.91. The lowest BCUT2D eigenvalue weighted by molar-refractivity contribution is -0.115. The molecule has 0 saturated heterocycles. The third kappa shape index (κ3) is 3.79. The molecule has 3 rings (SSSR count). The Morgan fingerprint density at radius 1 is 1.26 bits per heavy atom. The maximum atomic E-state index is 12.4. The summed E-state index contributed by atoms with van der Waals surface area (Å²) in [5.74, 6) is -0.184. The predicted molar refractivity (Wildman–Crippen MR) is 93.0 cm³/mol. The van der Waals surface area contributed by atoms with Crippen LogP contribution in [0.15, 0.2) is 64.2 Å². The molecular formula is C18H17BrN2O2. The number of amides is 1. The monoisotopic (exact) mass is 372 g/mol. The first-order valence-corrected chi connectivity index (χ1v) is 8.27. The number of halogens is 1. The van der Waals surface area contributed by atoms with Gasteiger partial charge in [0.1, 0.15) is 5.71 Å². The van der Waals surface area contributed by atoms with Crippen LogP contribution in [-0.4, -0.2) is 11.6 Å². The van der Waals surface area contributed by atoms with Crippen molar-refractivity contribution in [3.63, 3.8) is 0 Å². The van der Waals surface area contributed by atoms with Crippen LogP contribution < -0.4 is 5.32 Å². The lowest BCUT2D eigenvalue weighted by atomic mass is 10.0. The van der Waals surface area contributed by atoms with Crippen LogP contribution in [-0.2, 0) is 9.63 Å². The van der Waals surface area contributed by atoms with Gasteiger partial charge in [-0.1, -0.05) is 63.6 Å². The summed E-state index contributed by atoms with van der Waals surface area (Å²) < 4.78 is 0.988. The first kappa shape index (κ1) is 15.7. The molecule has 4 nitrogen and oxygen atoms in total. The quantitative estimate of drug-likeness (QED) is 0.876. The Bertz CT molecular complexity index is 731. The van der Waals surface area contributed by atoms with Crippen molar-refractivity contribution in [3.8, 4) is 0 Å². The number of nitrogens with zero attached hydrogens (tertiary/aromatic N) is 1. The van der Waals surface area contributed by atoms with Crippen LogP contribution in [0.3, 0.4) is 0 Å². The number of rotatable bonds is 4. The molecule has 2 unspecified atom stereocenters. The molecule has 2 atom stereocenters. The Labute approximate surface area is 143 Å². The number of carbonyl (C=O) groups excluding carboxylic acids is 1. The third-order valence-electron chi connectivity index (χ3n) is 3.80. The van der Waals surface area contributed by atoms with E-state index in [9.17, 15) is 4.79 Å². The second-order valence-electron chi connectivity index (χ2n) is 5.50. The lowest BCUT2D eigenvalue weighted by Gasteiger charge is -2.14. The second-order valence-corrected chi connectivity index (χ2v) is 6.41. The van der Waals surface area contributed by atoms with Crippen molar-refractivity contribution in [3.05, 3.63) is 70.2 Å². The second kappa shape index (κ2) is 6.96. The van der Waals surface area contributed by atoms with Gasteiger partial charge in [-0.25, -0.2) is 0 Å². The van der Waals surface area contributed by atoms with Crippen molar-refractivity contribution >= 4 is 27.5 Å². The number of hydrogen-bond donors (Lipinski definition) is 1. The van der Waals surface area contributed by atoms with Crippen LogP contribution in [0.4, 0.5) is 0 Å². The van der Waals surface area contributed by atoms with Crippen LogP contribution in [0, 0.1) is 0 Å². The van der Waals surface area contributed by atoms with Crippen LogP contribution in [0.2, 0.25) is 0 Å². The molecule has 2 aromatic rings. The van der Waals surface area contributed by atoms with Crippen molar-refractivity contribution in [1.82, 2.24) is 5.32 Å². The highest BCUT2D eigenvalue weighted by atomic mass is 79.9. The Morgan fingerprint density at radius 3 is 2.78 bits per heavy atom. The zero-order chi connectivity index (χ0) is 16.2. The van der Waals surface area contributed by atoms with E-state index in [1.165, 1.54) is 0 Å². The fraction of sp³-hybridized carbons (Fsp3) is 0.222. The van der Waals surface area contributed by atoms with E-state index in [2.05, 4.69) is 26.4 Å². The van der Waals surface area contributed by atoms with Crippen molar-refractivity contribution in [1.29, 1.82) is 0 Å². The van der Waals surface area contributed by atoms with E-state index in [4.69, 9.17) is 4.84 Å². The summed E-state index contributed by atoms with van der Waals surface area (Å²) in [4.78, 5) is 17.8. The normalized spacial score (nSPS) is 18.0. The van der Waals surface area contributed by atoms with Gasteiger partial charge in [-0.3, -0.25) is 4.79 Å². The van der Waals surface area contributed by atoms with Gasteiger partial charge in [0.25, 0.3) is 5.91 Å². The third-order valence-corrected chi connectivity index (χ3v) is 4.29. The molecule has 0 aliphatic carbocycles. The number of nitrogens with one attached hydrogen (secondary N) is 1. The van der Waals surface area contributed by atoms with Crippen LogP contribution in [0.1, 0.15) is 36.6 Å². The highest BCUT2D eigenvalue weighted by Crippen LogP contribution is 2.27. The zero-order valence-corrected chi connectivity index (χ0v) is 14.3. The molecule has 23 heavy (non-hydrogen) atoms. The smallest absolute Gasteiger partial charge is 0.269 e. The van der Waals surface area contributed by atoms with E-state index < -0.39 is 0 Å². The summed E-state index contributed by atoms with van der Waals surface area (Å²) in [6, 6.07) is 17.6. The molecule has 1 heterocycles. The van der Waals surface area contributed by atoms with Gasteiger partial charge in [0, 0.05) is 10.9 Å². The Kier molecular flexibility index (Phi) is 4.76. The topological polar surface area (TPSA) is 50.7 Å². The van der Waals surface area contributed by atoms with E-state index in [0.29, 0.717) is 12.1 Å². The summed E-state index contributed by atoms with van der Waals surface area (Å²) in [6.07, 6.45) is 0.305. The molecule has 1 N–H and O–H groups in total. The molecule has 0 radical (unpaired) electrons. The van der Waals surface area contributed by atoms with Gasteiger partial charge in [-0.15, -0.1) is 0 Å². The molecule has 0 spiro atoms. The maximum absolute atomic E-state index is 12.4. The Hall–Kier alpha value is -2.14. The Morgan fingerprint density at radius 2 is 2.04 bits per heavy atom. The predicted octanol–water partition coefficient (Wildman–Crippen LogP) is 4.14. The first-order chi connectivity index (χ1) is 11.1. The number of carbonyl (C=O) groups is 1. The molecule has 5 heteroatoms. The minimum absolute atomic E-state index is 0.0986. The lowest BCUT2D eigenvalue weighted by Crippen LogP contribution is -2.32. The summed E-state index contributed by atoms with van der Waals surface area (Å²) >= 11 is 3.44. The van der Waals surface area contributed by atoms with Gasteiger partial charge >= 0.3 is 0 Å². The van der Waals surface area contributed by atoms with Gasteiger partial charge in [-0.05, 0) is 30.2 Å². The summed E-state index contributed by atoms with van der Waals surface area (Å²) in [7, 11) is 0. The number of hydrogen-bond acceptors (Lipinski definition) is 3. The van der Waals surface area contributed by atoms with E-state index in [-0.39, 0.29) is 18.1 Å². The molecule has 118 valence electrons. The van der Waals surface area contributed by atoms with Crippen molar-refractivity contribution in [2.75, 3.05) is 0 Å². The van der Waals surface area contributed by atoms with Gasteiger partial charge < -0.3 is 10.2 Å². The average Bonchev–Trinajstić information content (AvgIpc) is 3.06. The van der Waals surface area contributed by atoms with Crippen molar-refractivity contribution in [2.24, 2.45) is 5.16 Å². The highest BCUT2D eigenvalue weighted by Gasteiger charge is 2.28. The minimum Gasteiger partial charge on any atom is -0.387 e. The Balaban J connectivity index is 1.61. The molecule has 1 aliphatic heterocycles. The van der Waals surface area contributed by atoms with Crippen molar-refractivity contribution < 1.29 is 9.63 Å². The molecule has 1 aliphatic rings. The van der Waals surface area contributed by atoms with Crippen molar-refractivity contribution in [2.45, 2.75) is 25.5 Å². The van der Waals surface area contributed by atoms with E-state index in [0.717, 1.165) is 15.6 Å². The zero-order valence-electron chi connectivity index (χ0n) is 12.7. The van der Waals surface area contributed by atoms with E-state index in [1.54, 1.807) is 0 Å². The summed E-state index contributed by atoms with van der Waals surface area (Å²) in [5, 5.41) is 6.92. The molecule has 2 aromatic carbocycles. The van der Waals surface area contributed by atoms with E-state index >= 15 is 0 Å². The van der Waals surface area contributed by atoms with Gasteiger partial charge in [-0.2, -0.15) is 0 Å².